The highest BCUT2D eigenvalue weighted by Crippen LogP contribution is 2.29. The van der Waals surface area contributed by atoms with E-state index in [0.717, 1.165) is 0 Å². The van der Waals surface area contributed by atoms with Gasteiger partial charge in [-0.3, -0.25) is 24.9 Å². The molecule has 214 valence electrons. The van der Waals surface area contributed by atoms with Crippen LogP contribution in [0.2, 0.25) is 0 Å². The second-order valence-corrected chi connectivity index (χ2v) is 9.63. The summed E-state index contributed by atoms with van der Waals surface area (Å²) in [5, 5.41) is 51.7. The van der Waals surface area contributed by atoms with Gasteiger partial charge < -0.3 is 42.7 Å². The number of benzene rings is 1. The molecule has 0 aliphatic heterocycles. The number of aliphatic carboxylic acids is 1. The van der Waals surface area contributed by atoms with E-state index in [1.807, 2.05) is 0 Å². The predicted octanol–water partition coefficient (Wildman–Crippen LogP) is -2.65. The van der Waals surface area contributed by atoms with E-state index in [1.54, 1.807) is 19.9 Å². The Balaban J connectivity index is 3.41. The minimum absolute atomic E-state index is 0.0457. The minimum atomic E-state index is -3.35. The van der Waals surface area contributed by atoms with Gasteiger partial charge in [0.2, 0.25) is 5.72 Å². The Labute approximate surface area is 220 Å². The van der Waals surface area contributed by atoms with Crippen LogP contribution in [0.3, 0.4) is 0 Å². The van der Waals surface area contributed by atoms with E-state index in [1.165, 1.54) is 31.2 Å². The molecule has 0 heterocycles. The fourth-order valence-corrected chi connectivity index (χ4v) is 4.16. The van der Waals surface area contributed by atoms with Crippen LogP contribution < -0.4 is 22.9 Å². The summed E-state index contributed by atoms with van der Waals surface area (Å²) in [7, 11) is 0. The lowest BCUT2D eigenvalue weighted by Crippen LogP contribution is -2.68. The average molecular weight is 541 g/mol. The van der Waals surface area contributed by atoms with Crippen LogP contribution in [0.15, 0.2) is 30.3 Å². The molecule has 0 aliphatic rings. The van der Waals surface area contributed by atoms with Crippen molar-refractivity contribution in [3.8, 4) is 0 Å². The van der Waals surface area contributed by atoms with Gasteiger partial charge in [0, 0.05) is 0 Å². The number of aliphatic hydroxyl groups excluding tert-OH is 3. The molecule has 1 rings (SSSR count). The number of rotatable bonds is 16. The Morgan fingerprint density at radius 1 is 0.921 bits per heavy atom. The van der Waals surface area contributed by atoms with Crippen LogP contribution >= 0.6 is 0 Å². The Bertz CT molecular complexity index is 990. The molecule has 13 N–H and O–H groups in total. The number of aliphatic hydroxyl groups is 4. The van der Waals surface area contributed by atoms with Gasteiger partial charge in [-0.1, -0.05) is 57.5 Å². The van der Waals surface area contributed by atoms with Gasteiger partial charge >= 0.3 is 5.97 Å². The van der Waals surface area contributed by atoms with Crippen molar-refractivity contribution in [2.24, 2.45) is 34.8 Å². The van der Waals surface area contributed by atoms with E-state index >= 15 is 0 Å². The molecule has 5 unspecified atom stereocenters. The summed E-state index contributed by atoms with van der Waals surface area (Å²) in [6.45, 7) is 3.72. The van der Waals surface area contributed by atoms with E-state index in [-0.39, 0.29) is 17.9 Å². The summed E-state index contributed by atoms with van der Waals surface area (Å²) in [5.41, 5.74) is 17.9. The van der Waals surface area contributed by atoms with Gasteiger partial charge in [0.1, 0.15) is 17.7 Å². The molecule has 0 fully saturated rings. The first-order valence-electron chi connectivity index (χ1n) is 12.2. The summed E-state index contributed by atoms with van der Waals surface area (Å²) in [6, 6.07) is 4.16. The minimum Gasteiger partial charge on any atom is -0.480 e. The van der Waals surface area contributed by atoms with E-state index in [2.05, 4.69) is 0 Å². The van der Waals surface area contributed by atoms with E-state index in [0.29, 0.717) is 6.42 Å². The van der Waals surface area contributed by atoms with Gasteiger partial charge in [0.05, 0.1) is 30.6 Å². The number of hydrogen-bond acceptors (Lipinski definition) is 12. The maximum Gasteiger partial charge on any atom is 0.321 e. The molecule has 0 aromatic heterocycles. The quantitative estimate of drug-likeness (QED) is 0.0766. The standard InChI is InChI=1S/C25H40N4O9/c1-4-12(3)16(26)21(34)24(28,5-2)19(32)14(11-30)18(31)22(35)25(29,38)20(33)15(17(27)23(36)37)13-9-7-6-8-10-13/h6-10,12,14-18,22,30-31,35,38H,4-5,11,26-29H2,1-3H3,(H,36,37)/t12?,14-,15?,16?,17?,18+,22+,24?,25+/m0/s1. The maximum atomic E-state index is 13.3. The van der Waals surface area contributed by atoms with Crippen molar-refractivity contribution in [2.75, 3.05) is 6.61 Å². The number of carbonyl (C=O) groups excluding carboxylic acids is 3. The largest absolute Gasteiger partial charge is 0.480 e. The molecule has 0 bridgehead atoms. The molecule has 0 saturated heterocycles. The van der Waals surface area contributed by atoms with Crippen LogP contribution in [0.4, 0.5) is 0 Å². The lowest BCUT2D eigenvalue weighted by molar-refractivity contribution is -0.173. The lowest BCUT2D eigenvalue weighted by Gasteiger charge is -2.38. The Morgan fingerprint density at radius 2 is 1.45 bits per heavy atom. The lowest BCUT2D eigenvalue weighted by atomic mass is 9.73. The van der Waals surface area contributed by atoms with E-state index in [9.17, 15) is 44.7 Å². The van der Waals surface area contributed by atoms with Crippen molar-refractivity contribution in [2.45, 2.75) is 75.1 Å². The number of ketones is 3. The zero-order valence-electron chi connectivity index (χ0n) is 21.7. The zero-order valence-corrected chi connectivity index (χ0v) is 21.7. The first-order chi connectivity index (χ1) is 17.5. The maximum absolute atomic E-state index is 13.3. The fourth-order valence-electron chi connectivity index (χ4n) is 4.16. The molecule has 0 aliphatic carbocycles. The summed E-state index contributed by atoms with van der Waals surface area (Å²) in [4.78, 5) is 51.2. The molecule has 1 aromatic carbocycles. The fraction of sp³-hybridized carbons (Fsp3) is 0.600. The van der Waals surface area contributed by atoms with Crippen LogP contribution in [-0.2, 0) is 19.2 Å². The Kier molecular flexibility index (Phi) is 11.8. The molecule has 13 nitrogen and oxygen atoms in total. The van der Waals surface area contributed by atoms with E-state index < -0.39 is 77.3 Å². The van der Waals surface area contributed by atoms with Gasteiger partial charge in [-0.05, 0) is 17.9 Å². The number of carboxylic acids is 1. The molecule has 38 heavy (non-hydrogen) atoms. The molecular formula is C25H40N4O9. The average Bonchev–Trinajstić information content (AvgIpc) is 2.91. The second-order valence-electron chi connectivity index (χ2n) is 9.63. The predicted molar refractivity (Wildman–Crippen MR) is 136 cm³/mol. The molecule has 0 amide bonds. The van der Waals surface area contributed by atoms with Crippen LogP contribution in [0.1, 0.15) is 45.1 Å². The third kappa shape index (κ3) is 6.68. The highest BCUT2D eigenvalue weighted by molar-refractivity contribution is 6.14. The number of hydrogen-bond donors (Lipinski definition) is 9. The van der Waals surface area contributed by atoms with Crippen molar-refractivity contribution in [1.82, 2.24) is 0 Å². The first kappa shape index (κ1) is 33.4. The molecule has 0 saturated carbocycles. The van der Waals surface area contributed by atoms with Gasteiger partial charge in [0.15, 0.2) is 17.3 Å². The normalized spacial score (nSPS) is 20.5. The van der Waals surface area contributed by atoms with Crippen molar-refractivity contribution in [3.63, 3.8) is 0 Å². The number of nitrogens with two attached hydrogens (primary N) is 4. The van der Waals surface area contributed by atoms with Gasteiger partial charge in [-0.2, -0.15) is 0 Å². The Morgan fingerprint density at radius 3 is 1.87 bits per heavy atom. The molecule has 9 atom stereocenters. The van der Waals surface area contributed by atoms with Crippen LogP contribution in [-0.4, -0.2) is 91.0 Å². The molecule has 13 heteroatoms. The van der Waals surface area contributed by atoms with Gasteiger partial charge in [0.25, 0.3) is 0 Å². The summed E-state index contributed by atoms with van der Waals surface area (Å²) >= 11 is 0. The molecule has 1 aromatic rings. The molecular weight excluding hydrogens is 500 g/mol. The first-order valence-corrected chi connectivity index (χ1v) is 12.2. The highest BCUT2D eigenvalue weighted by Gasteiger charge is 2.54. The summed E-state index contributed by atoms with van der Waals surface area (Å²) in [6.07, 6.45) is -4.83. The second kappa shape index (κ2) is 13.4. The van der Waals surface area contributed by atoms with Gasteiger partial charge in [-0.25, -0.2) is 0 Å². The summed E-state index contributed by atoms with van der Waals surface area (Å²) < 4.78 is 0. The van der Waals surface area contributed by atoms with Crippen molar-refractivity contribution in [3.05, 3.63) is 35.9 Å². The third-order valence-corrected chi connectivity index (χ3v) is 7.20. The zero-order chi connectivity index (χ0) is 29.6. The molecule has 0 radical (unpaired) electrons. The van der Waals surface area contributed by atoms with E-state index in [4.69, 9.17) is 22.9 Å². The number of carboxylic acid groups (broad SMARTS) is 1. The summed E-state index contributed by atoms with van der Waals surface area (Å²) in [5.74, 6) is -9.24. The van der Waals surface area contributed by atoms with Crippen molar-refractivity contribution < 1.29 is 44.7 Å². The third-order valence-electron chi connectivity index (χ3n) is 7.20. The van der Waals surface area contributed by atoms with Crippen LogP contribution in [0, 0.1) is 11.8 Å². The van der Waals surface area contributed by atoms with Crippen molar-refractivity contribution in [1.29, 1.82) is 0 Å². The SMILES string of the molecule is CCC(C)C(N)C(=O)C(N)(CC)C(=O)[C@@H](CO)[C@@H](O)[C@@H](O)[C@](N)(O)C(=O)C(c1ccccc1)C(N)C(=O)O. The van der Waals surface area contributed by atoms with Crippen LogP contribution in [0.25, 0.3) is 0 Å². The van der Waals surface area contributed by atoms with Gasteiger partial charge in [-0.15, -0.1) is 0 Å². The smallest absolute Gasteiger partial charge is 0.321 e. The number of carbonyl (C=O) groups is 4. The Hall–Kier alpha value is -2.62. The van der Waals surface area contributed by atoms with Crippen molar-refractivity contribution >= 4 is 23.3 Å². The monoisotopic (exact) mass is 540 g/mol. The topological polar surface area (TPSA) is 274 Å². The van der Waals surface area contributed by atoms with Crippen LogP contribution in [0.5, 0.6) is 0 Å². The number of Topliss-reactive ketones (excluding diaryl/α,β-unsaturated/α-hetero) is 3. The molecule has 0 spiro atoms. The highest BCUT2D eigenvalue weighted by atomic mass is 16.4.